The van der Waals surface area contributed by atoms with Gasteiger partial charge in [0.05, 0.1) is 6.33 Å². The summed E-state index contributed by atoms with van der Waals surface area (Å²) >= 11 is 5.85. The summed E-state index contributed by atoms with van der Waals surface area (Å²) in [5.74, 6) is 0.723. The summed E-state index contributed by atoms with van der Waals surface area (Å²) in [7, 11) is 0. The summed E-state index contributed by atoms with van der Waals surface area (Å²) in [6, 6.07) is 0.354. The predicted octanol–water partition coefficient (Wildman–Crippen LogP) is 3.00. The molecule has 2 rings (SSSR count). The van der Waals surface area contributed by atoms with Gasteiger partial charge in [-0.1, -0.05) is 19.8 Å². The van der Waals surface area contributed by atoms with E-state index in [0.29, 0.717) is 11.7 Å². The minimum Gasteiger partial charge on any atom is -0.366 e. The number of hydrogen-bond acceptors (Lipinski definition) is 4. The molecule has 0 fully saturated rings. The average molecular weight is 254 g/mol. The van der Waals surface area contributed by atoms with E-state index in [1.165, 1.54) is 12.8 Å². The van der Waals surface area contributed by atoms with Crippen molar-refractivity contribution in [3.05, 3.63) is 11.6 Å². The Kier molecular flexibility index (Phi) is 3.78. The van der Waals surface area contributed by atoms with Gasteiger partial charge in [-0.25, -0.2) is 4.98 Å². The van der Waals surface area contributed by atoms with Crippen LogP contribution in [0.5, 0.6) is 0 Å². The zero-order chi connectivity index (χ0) is 12.3. The Balaban J connectivity index is 2.19. The van der Waals surface area contributed by atoms with E-state index < -0.39 is 0 Å². The van der Waals surface area contributed by atoms with Crippen LogP contribution >= 0.6 is 11.6 Å². The van der Waals surface area contributed by atoms with Crippen LogP contribution < -0.4 is 5.32 Å². The van der Waals surface area contributed by atoms with Gasteiger partial charge in [0, 0.05) is 6.04 Å². The van der Waals surface area contributed by atoms with Gasteiger partial charge in [0.25, 0.3) is 0 Å². The number of H-pyrrole nitrogens is 1. The second kappa shape index (κ2) is 5.31. The first-order valence-electron chi connectivity index (χ1n) is 5.84. The van der Waals surface area contributed by atoms with E-state index in [1.807, 2.05) is 0 Å². The van der Waals surface area contributed by atoms with Crippen LogP contribution in [-0.4, -0.2) is 26.0 Å². The Morgan fingerprint density at radius 1 is 1.47 bits per heavy atom. The highest BCUT2D eigenvalue weighted by Gasteiger charge is 2.10. The topological polar surface area (TPSA) is 66.5 Å². The summed E-state index contributed by atoms with van der Waals surface area (Å²) in [4.78, 5) is 15.3. The van der Waals surface area contributed by atoms with Crippen molar-refractivity contribution in [1.29, 1.82) is 0 Å². The van der Waals surface area contributed by atoms with Gasteiger partial charge in [-0.05, 0) is 24.9 Å². The van der Waals surface area contributed by atoms with Crippen LogP contribution in [0.15, 0.2) is 6.33 Å². The molecule has 0 saturated carbocycles. The van der Waals surface area contributed by atoms with Gasteiger partial charge in [-0.15, -0.1) is 0 Å². The number of nitrogens with zero attached hydrogens (tertiary/aromatic N) is 3. The minimum atomic E-state index is 0.217. The molecule has 2 heterocycles. The van der Waals surface area contributed by atoms with Gasteiger partial charge in [-0.2, -0.15) is 9.97 Å². The number of aromatic amines is 1. The quantitative estimate of drug-likeness (QED) is 0.804. The maximum absolute atomic E-state index is 5.85. The van der Waals surface area contributed by atoms with Crippen LogP contribution in [0.3, 0.4) is 0 Å². The van der Waals surface area contributed by atoms with E-state index in [0.717, 1.165) is 17.8 Å². The van der Waals surface area contributed by atoms with Gasteiger partial charge < -0.3 is 10.3 Å². The first-order valence-corrected chi connectivity index (χ1v) is 6.21. The smallest absolute Gasteiger partial charge is 0.226 e. The van der Waals surface area contributed by atoms with Gasteiger partial charge in [-0.3, -0.25) is 0 Å². The molecule has 0 radical (unpaired) electrons. The molecule has 0 amide bonds. The summed E-state index contributed by atoms with van der Waals surface area (Å²) in [6.07, 6.45) is 5.08. The fourth-order valence-electron chi connectivity index (χ4n) is 1.73. The van der Waals surface area contributed by atoms with Crippen molar-refractivity contribution in [2.24, 2.45) is 0 Å². The third-order valence-corrected chi connectivity index (χ3v) is 2.80. The second-order valence-corrected chi connectivity index (χ2v) is 4.47. The van der Waals surface area contributed by atoms with E-state index in [4.69, 9.17) is 11.6 Å². The number of aromatic nitrogens is 4. The fraction of sp³-hybridized carbons (Fsp3) is 0.545. The van der Waals surface area contributed by atoms with Gasteiger partial charge in [0.1, 0.15) is 5.52 Å². The van der Waals surface area contributed by atoms with Crippen LogP contribution in [0.1, 0.15) is 33.1 Å². The van der Waals surface area contributed by atoms with Crippen molar-refractivity contribution >= 4 is 28.6 Å². The lowest BCUT2D eigenvalue weighted by molar-refractivity contribution is 0.643. The Morgan fingerprint density at radius 2 is 2.29 bits per heavy atom. The fourth-order valence-corrected chi connectivity index (χ4v) is 1.89. The Morgan fingerprint density at radius 3 is 3.06 bits per heavy atom. The molecule has 92 valence electrons. The first kappa shape index (κ1) is 12.1. The molecule has 0 saturated heterocycles. The number of nitrogens with one attached hydrogen (secondary N) is 2. The highest BCUT2D eigenvalue weighted by molar-refractivity contribution is 6.28. The van der Waals surface area contributed by atoms with Crippen LogP contribution in [0.2, 0.25) is 5.28 Å². The molecule has 0 aliphatic heterocycles. The van der Waals surface area contributed by atoms with Crippen LogP contribution in [0.4, 0.5) is 5.82 Å². The molecule has 1 atom stereocenters. The number of rotatable bonds is 5. The van der Waals surface area contributed by atoms with E-state index in [9.17, 15) is 0 Å². The van der Waals surface area contributed by atoms with E-state index in [1.54, 1.807) is 6.33 Å². The standard InChI is InChI=1S/C11H16ClN5/c1-3-4-5-7(2)15-10-8-9(14-6-13-8)16-11(12)17-10/h6-7H,3-5H2,1-2H3,(H2,13,14,15,16,17). The Hall–Kier alpha value is -1.36. The Labute approximate surface area is 105 Å². The summed E-state index contributed by atoms with van der Waals surface area (Å²) < 4.78 is 0. The molecule has 0 aliphatic rings. The van der Waals surface area contributed by atoms with Crippen molar-refractivity contribution < 1.29 is 0 Å². The zero-order valence-electron chi connectivity index (χ0n) is 10.00. The number of halogens is 1. The molecule has 1 unspecified atom stereocenters. The maximum Gasteiger partial charge on any atom is 0.226 e. The van der Waals surface area contributed by atoms with Crippen molar-refractivity contribution in [3.63, 3.8) is 0 Å². The van der Waals surface area contributed by atoms with E-state index >= 15 is 0 Å². The summed E-state index contributed by atoms with van der Waals surface area (Å²) in [6.45, 7) is 4.31. The highest BCUT2D eigenvalue weighted by Crippen LogP contribution is 2.20. The van der Waals surface area contributed by atoms with Gasteiger partial charge >= 0.3 is 0 Å². The van der Waals surface area contributed by atoms with Crippen molar-refractivity contribution in [1.82, 2.24) is 19.9 Å². The average Bonchev–Trinajstić information content (AvgIpc) is 2.74. The molecule has 5 nitrogen and oxygen atoms in total. The molecule has 0 aliphatic carbocycles. The van der Waals surface area contributed by atoms with Gasteiger partial charge in [0.15, 0.2) is 11.5 Å². The van der Waals surface area contributed by atoms with Crippen LogP contribution in [0.25, 0.3) is 11.2 Å². The molecule has 6 heteroatoms. The monoisotopic (exact) mass is 253 g/mol. The lowest BCUT2D eigenvalue weighted by Gasteiger charge is -2.14. The number of anilines is 1. The van der Waals surface area contributed by atoms with Crippen molar-refractivity contribution in [3.8, 4) is 0 Å². The highest BCUT2D eigenvalue weighted by atomic mass is 35.5. The number of imidazole rings is 1. The third-order valence-electron chi connectivity index (χ3n) is 2.63. The predicted molar refractivity (Wildman–Crippen MR) is 69.3 cm³/mol. The molecular formula is C11H16ClN5. The van der Waals surface area contributed by atoms with E-state index in [-0.39, 0.29) is 5.28 Å². The maximum atomic E-state index is 5.85. The molecule has 17 heavy (non-hydrogen) atoms. The normalized spacial score (nSPS) is 12.9. The van der Waals surface area contributed by atoms with Crippen LogP contribution in [0, 0.1) is 0 Å². The third kappa shape index (κ3) is 2.85. The number of hydrogen-bond donors (Lipinski definition) is 2. The van der Waals surface area contributed by atoms with Crippen molar-refractivity contribution in [2.45, 2.75) is 39.2 Å². The Bertz CT molecular complexity index is 496. The summed E-state index contributed by atoms with van der Waals surface area (Å²) in [5, 5.41) is 3.56. The molecule has 0 spiro atoms. The molecule has 2 aromatic heterocycles. The van der Waals surface area contributed by atoms with Crippen LogP contribution in [-0.2, 0) is 0 Å². The summed E-state index contributed by atoms with van der Waals surface area (Å²) in [5.41, 5.74) is 1.40. The zero-order valence-corrected chi connectivity index (χ0v) is 10.8. The van der Waals surface area contributed by atoms with Gasteiger partial charge in [0.2, 0.25) is 5.28 Å². The molecular weight excluding hydrogens is 238 g/mol. The lowest BCUT2D eigenvalue weighted by Crippen LogP contribution is -2.16. The molecule has 0 bridgehead atoms. The van der Waals surface area contributed by atoms with E-state index in [2.05, 4.69) is 39.1 Å². The lowest BCUT2D eigenvalue weighted by atomic mass is 10.1. The molecule has 0 aromatic carbocycles. The molecule has 2 aromatic rings. The van der Waals surface area contributed by atoms with Crippen molar-refractivity contribution in [2.75, 3.05) is 5.32 Å². The largest absolute Gasteiger partial charge is 0.366 e. The number of fused-ring (bicyclic) bond motifs is 1. The SMILES string of the molecule is CCCCC(C)Nc1nc(Cl)nc2nc[nH]c12. The first-order chi connectivity index (χ1) is 8.20. The molecule has 2 N–H and O–H groups in total. The second-order valence-electron chi connectivity index (χ2n) is 4.13. The minimum absolute atomic E-state index is 0.217. The number of unbranched alkanes of at least 4 members (excludes halogenated alkanes) is 1.